The van der Waals surface area contributed by atoms with Gasteiger partial charge in [0, 0.05) is 38.3 Å². The van der Waals surface area contributed by atoms with Crippen molar-refractivity contribution in [2.45, 2.75) is 0 Å². The van der Waals surface area contributed by atoms with E-state index in [0.717, 1.165) is 77.4 Å². The lowest BCUT2D eigenvalue weighted by atomic mass is 9.99. The largest absolute Gasteiger partial charge is 0.455 e. The zero-order chi connectivity index (χ0) is 35.0. The third-order valence-electron chi connectivity index (χ3n) is 10.7. The highest BCUT2D eigenvalue weighted by Gasteiger charge is 2.20. The van der Waals surface area contributed by atoms with Crippen LogP contribution in [0.15, 0.2) is 180 Å². The highest BCUT2D eigenvalue weighted by Crippen LogP contribution is 2.42. The van der Waals surface area contributed by atoms with E-state index < -0.39 is 0 Å². The number of furan rings is 1. The summed E-state index contributed by atoms with van der Waals surface area (Å²) < 4.78 is 11.4. The van der Waals surface area contributed by atoms with Gasteiger partial charge in [-0.3, -0.25) is 0 Å². The Hall–Kier alpha value is -7.35. The minimum Gasteiger partial charge on any atom is -0.455 e. The SMILES string of the molecule is N#Cc1ccc(-c2ccc(-c3cc(-n4c5ccccc5c5ccccc54)cc(-n4c5ccccc5c5c6oc7ccccc7c6ccc54)c3)cc2)cc1. The third kappa shape index (κ3) is 4.41. The molecule has 0 aliphatic heterocycles. The van der Waals surface area contributed by atoms with Crippen molar-refractivity contribution in [2.75, 3.05) is 0 Å². The number of rotatable bonds is 4. The summed E-state index contributed by atoms with van der Waals surface area (Å²) >= 11 is 0. The Morgan fingerprint density at radius 3 is 1.51 bits per heavy atom. The molecule has 0 atom stereocenters. The summed E-state index contributed by atoms with van der Waals surface area (Å²) in [4.78, 5) is 0. The molecule has 3 aromatic heterocycles. The van der Waals surface area contributed by atoms with Crippen LogP contribution in [0.1, 0.15) is 5.56 Å². The van der Waals surface area contributed by atoms with Crippen LogP contribution in [-0.4, -0.2) is 9.13 Å². The molecule has 0 saturated heterocycles. The number of benzene rings is 8. The molecule has 8 aromatic carbocycles. The predicted molar refractivity (Wildman–Crippen MR) is 218 cm³/mol. The number of hydrogen-bond donors (Lipinski definition) is 0. The van der Waals surface area contributed by atoms with Crippen molar-refractivity contribution in [1.82, 2.24) is 9.13 Å². The Kier molecular flexibility index (Phi) is 6.28. The molecule has 0 fully saturated rings. The summed E-state index contributed by atoms with van der Waals surface area (Å²) in [5, 5.41) is 16.3. The molecule has 0 unspecified atom stereocenters. The van der Waals surface area contributed by atoms with Crippen LogP contribution in [0.5, 0.6) is 0 Å². The van der Waals surface area contributed by atoms with Gasteiger partial charge in [-0.15, -0.1) is 0 Å². The standard InChI is InChI=1S/C49H29N3O/c50-30-31-17-19-32(20-18-31)33-21-23-34(24-22-33)35-27-36(51-43-13-5-1-9-38(43)39-10-2-6-14-44(39)51)29-37(28-35)52-45-15-7-3-12-42(45)48-46(52)26-25-41-40-11-4-8-16-47(40)53-49(41)48/h1-29H. The van der Waals surface area contributed by atoms with Crippen molar-refractivity contribution in [3.8, 4) is 39.7 Å². The van der Waals surface area contributed by atoms with Gasteiger partial charge in [-0.25, -0.2) is 0 Å². The molecule has 0 spiro atoms. The highest BCUT2D eigenvalue weighted by atomic mass is 16.3. The molecule has 0 bridgehead atoms. The Balaban J connectivity index is 1.19. The first-order chi connectivity index (χ1) is 26.2. The van der Waals surface area contributed by atoms with E-state index in [0.29, 0.717) is 5.56 Å². The summed E-state index contributed by atoms with van der Waals surface area (Å²) in [7, 11) is 0. The molecule has 0 N–H and O–H groups in total. The number of nitriles is 1. The zero-order valence-electron chi connectivity index (χ0n) is 28.5. The van der Waals surface area contributed by atoms with Crippen LogP contribution >= 0.6 is 0 Å². The lowest BCUT2D eigenvalue weighted by Gasteiger charge is -2.16. The molecule has 0 amide bonds. The zero-order valence-corrected chi connectivity index (χ0v) is 28.5. The van der Waals surface area contributed by atoms with Gasteiger partial charge in [0.15, 0.2) is 0 Å². The Bertz CT molecular complexity index is 3220. The van der Waals surface area contributed by atoms with Gasteiger partial charge >= 0.3 is 0 Å². The van der Waals surface area contributed by atoms with Gasteiger partial charge in [0.25, 0.3) is 0 Å². The van der Waals surface area contributed by atoms with Gasteiger partial charge in [-0.2, -0.15) is 5.26 Å². The first kappa shape index (κ1) is 29.4. The first-order valence-corrected chi connectivity index (χ1v) is 17.8. The van der Waals surface area contributed by atoms with Crippen LogP contribution < -0.4 is 0 Å². The number of fused-ring (bicyclic) bond motifs is 10. The van der Waals surface area contributed by atoms with E-state index in [1.165, 1.54) is 21.8 Å². The number of aromatic nitrogens is 2. The van der Waals surface area contributed by atoms with Gasteiger partial charge in [0.05, 0.1) is 39.1 Å². The fraction of sp³-hybridized carbons (Fsp3) is 0. The second kappa shape index (κ2) is 11.3. The molecule has 0 aliphatic rings. The molecule has 0 saturated carbocycles. The molecule has 246 valence electrons. The van der Waals surface area contributed by atoms with Crippen molar-refractivity contribution in [2.24, 2.45) is 0 Å². The Morgan fingerprint density at radius 1 is 0.396 bits per heavy atom. The quantitative estimate of drug-likeness (QED) is 0.186. The summed E-state index contributed by atoms with van der Waals surface area (Å²) in [6, 6.07) is 64.4. The minimum absolute atomic E-state index is 0.658. The van der Waals surface area contributed by atoms with E-state index in [1.807, 2.05) is 30.3 Å². The van der Waals surface area contributed by atoms with E-state index in [4.69, 9.17) is 4.42 Å². The van der Waals surface area contributed by atoms with Crippen molar-refractivity contribution in [3.05, 3.63) is 181 Å². The smallest absolute Gasteiger partial charge is 0.145 e. The monoisotopic (exact) mass is 675 g/mol. The van der Waals surface area contributed by atoms with E-state index in [1.54, 1.807) is 0 Å². The predicted octanol–water partition coefficient (Wildman–Crippen LogP) is 13.0. The topological polar surface area (TPSA) is 46.8 Å². The second-order valence-corrected chi connectivity index (χ2v) is 13.7. The molecule has 11 aromatic rings. The van der Waals surface area contributed by atoms with Crippen LogP contribution in [0.3, 0.4) is 0 Å². The van der Waals surface area contributed by atoms with E-state index >= 15 is 0 Å². The molecule has 4 heteroatoms. The maximum absolute atomic E-state index is 9.30. The molecular weight excluding hydrogens is 647 g/mol. The van der Waals surface area contributed by atoms with E-state index in [2.05, 4.69) is 161 Å². The molecular formula is C49H29N3O. The van der Waals surface area contributed by atoms with Crippen molar-refractivity contribution in [1.29, 1.82) is 5.26 Å². The lowest BCUT2D eigenvalue weighted by Crippen LogP contribution is -2.00. The third-order valence-corrected chi connectivity index (χ3v) is 10.7. The van der Waals surface area contributed by atoms with Gasteiger partial charge < -0.3 is 13.6 Å². The normalized spacial score (nSPS) is 11.8. The fourth-order valence-corrected chi connectivity index (χ4v) is 8.33. The number of nitrogens with zero attached hydrogens (tertiary/aromatic N) is 3. The molecule has 53 heavy (non-hydrogen) atoms. The molecule has 0 aliphatic carbocycles. The van der Waals surface area contributed by atoms with Gasteiger partial charge in [-0.05, 0) is 89.0 Å². The summed E-state index contributed by atoms with van der Waals surface area (Å²) in [6.07, 6.45) is 0. The maximum Gasteiger partial charge on any atom is 0.145 e. The van der Waals surface area contributed by atoms with E-state index in [9.17, 15) is 5.26 Å². The lowest BCUT2D eigenvalue weighted by molar-refractivity contribution is 0.673. The van der Waals surface area contributed by atoms with Crippen LogP contribution in [0, 0.1) is 11.3 Å². The van der Waals surface area contributed by atoms with Crippen molar-refractivity contribution < 1.29 is 4.42 Å². The molecule has 3 heterocycles. The molecule has 0 radical (unpaired) electrons. The first-order valence-electron chi connectivity index (χ1n) is 17.8. The average molecular weight is 676 g/mol. The summed E-state index contributed by atoms with van der Waals surface area (Å²) in [5.41, 5.74) is 13.6. The Labute approximate surface area is 304 Å². The summed E-state index contributed by atoms with van der Waals surface area (Å²) in [6.45, 7) is 0. The minimum atomic E-state index is 0.658. The summed E-state index contributed by atoms with van der Waals surface area (Å²) in [5.74, 6) is 0. The number of para-hydroxylation sites is 4. The fourth-order valence-electron chi connectivity index (χ4n) is 8.33. The average Bonchev–Trinajstić information content (AvgIpc) is 3.88. The van der Waals surface area contributed by atoms with Crippen LogP contribution in [0.2, 0.25) is 0 Å². The maximum atomic E-state index is 9.30. The highest BCUT2D eigenvalue weighted by molar-refractivity contribution is 6.24. The second-order valence-electron chi connectivity index (χ2n) is 13.7. The van der Waals surface area contributed by atoms with Crippen LogP contribution in [-0.2, 0) is 0 Å². The number of hydrogen-bond acceptors (Lipinski definition) is 2. The van der Waals surface area contributed by atoms with Crippen molar-refractivity contribution in [3.63, 3.8) is 0 Å². The van der Waals surface area contributed by atoms with E-state index in [-0.39, 0.29) is 0 Å². The van der Waals surface area contributed by atoms with Gasteiger partial charge in [0.1, 0.15) is 11.2 Å². The van der Waals surface area contributed by atoms with Gasteiger partial charge in [-0.1, -0.05) is 109 Å². The Morgan fingerprint density at radius 2 is 0.887 bits per heavy atom. The van der Waals surface area contributed by atoms with Crippen LogP contribution in [0.25, 0.3) is 99.2 Å². The van der Waals surface area contributed by atoms with Crippen LogP contribution in [0.4, 0.5) is 0 Å². The molecule has 4 nitrogen and oxygen atoms in total. The molecule has 11 rings (SSSR count). The van der Waals surface area contributed by atoms with Crippen molar-refractivity contribution >= 4 is 65.6 Å². The van der Waals surface area contributed by atoms with Gasteiger partial charge in [0.2, 0.25) is 0 Å².